The summed E-state index contributed by atoms with van der Waals surface area (Å²) >= 11 is 0. The van der Waals surface area contributed by atoms with Crippen LogP contribution in [-0.2, 0) is 36.2 Å². The number of carbonyl (C=O) groups is 1. The highest BCUT2D eigenvalue weighted by molar-refractivity contribution is 7.88. The molecule has 1 aliphatic heterocycles. The molecule has 7 nitrogen and oxygen atoms in total. The van der Waals surface area contributed by atoms with E-state index in [-0.39, 0.29) is 17.3 Å². The van der Waals surface area contributed by atoms with Crippen LogP contribution in [0.5, 0.6) is 0 Å². The molecule has 0 radical (unpaired) electrons. The topological polar surface area (TPSA) is 90.9 Å². The van der Waals surface area contributed by atoms with Gasteiger partial charge in [0.15, 0.2) is 0 Å². The Morgan fingerprint density at radius 1 is 1.08 bits per heavy atom. The van der Waals surface area contributed by atoms with Crippen molar-refractivity contribution in [3.63, 3.8) is 0 Å². The zero-order valence-electron chi connectivity index (χ0n) is 23.8. The Labute approximate surface area is 233 Å². The van der Waals surface area contributed by atoms with Crippen molar-refractivity contribution in [1.29, 1.82) is 0 Å². The summed E-state index contributed by atoms with van der Waals surface area (Å²) in [5, 5.41) is 0. The van der Waals surface area contributed by atoms with Crippen LogP contribution in [0.2, 0.25) is 0 Å². The highest BCUT2D eigenvalue weighted by Gasteiger charge is 2.68. The fourth-order valence-electron chi connectivity index (χ4n) is 6.75. The maximum absolute atomic E-state index is 13.4. The van der Waals surface area contributed by atoms with Crippen LogP contribution >= 0.6 is 0 Å². The molecule has 5 atom stereocenters. The summed E-state index contributed by atoms with van der Waals surface area (Å²) in [5.41, 5.74) is 1.01. The molecule has 2 aromatic rings. The van der Waals surface area contributed by atoms with Crippen LogP contribution in [0.25, 0.3) is 0 Å². The molecule has 39 heavy (non-hydrogen) atoms. The second kappa shape index (κ2) is 10.0. The van der Waals surface area contributed by atoms with Crippen molar-refractivity contribution in [3.05, 3.63) is 71.3 Å². The van der Waals surface area contributed by atoms with Gasteiger partial charge in [-0.25, -0.2) is 17.9 Å². The van der Waals surface area contributed by atoms with Crippen molar-refractivity contribution >= 4 is 23.1 Å². The van der Waals surface area contributed by atoms with Gasteiger partial charge in [-0.05, 0) is 87.5 Å². The van der Waals surface area contributed by atoms with E-state index in [1.807, 2.05) is 45.0 Å². The summed E-state index contributed by atoms with van der Waals surface area (Å²) in [6.45, 7) is 12.2. The minimum atomic E-state index is -3.72. The number of hydrogen-bond acceptors (Lipinski definition) is 6. The number of esters is 1. The third-order valence-electron chi connectivity index (χ3n) is 8.84. The molecule has 1 saturated heterocycles. The number of rotatable bonds is 8. The molecule has 3 saturated carbocycles. The van der Waals surface area contributed by atoms with E-state index in [1.54, 1.807) is 30.3 Å². The first-order chi connectivity index (χ1) is 18.2. The average Bonchev–Trinajstić information content (AvgIpc) is 3.20. The van der Waals surface area contributed by atoms with Crippen LogP contribution in [0.4, 0.5) is 0 Å². The summed E-state index contributed by atoms with van der Waals surface area (Å²) in [6, 6.07) is 16.3. The molecule has 6 rings (SSSR count). The van der Waals surface area contributed by atoms with Crippen LogP contribution in [-0.4, -0.2) is 44.8 Å². The van der Waals surface area contributed by atoms with Crippen molar-refractivity contribution in [1.82, 2.24) is 4.72 Å². The summed E-state index contributed by atoms with van der Waals surface area (Å²) in [7, 11) is -4.47. The van der Waals surface area contributed by atoms with Crippen molar-refractivity contribution in [2.45, 2.75) is 89.8 Å². The van der Waals surface area contributed by atoms with Gasteiger partial charge >= 0.3 is 13.1 Å². The molecular weight excluding hydrogens is 513 g/mol. The third-order valence-corrected chi connectivity index (χ3v) is 10.2. The van der Waals surface area contributed by atoms with Gasteiger partial charge in [0.25, 0.3) is 0 Å². The third kappa shape index (κ3) is 5.83. The molecule has 1 heterocycles. The Balaban J connectivity index is 1.40. The molecule has 1 N–H and O–H groups in total. The quantitative estimate of drug-likeness (QED) is 0.368. The Bertz CT molecular complexity index is 1320. The average molecular weight is 554 g/mol. The van der Waals surface area contributed by atoms with Gasteiger partial charge in [0.1, 0.15) is 5.60 Å². The molecule has 0 amide bonds. The lowest BCUT2D eigenvalue weighted by Gasteiger charge is -2.64. The molecule has 2 bridgehead atoms. The standard InChI is InChI=1S/C30H40BNO6S/c1-28(2,3)36-27(33)22-14-10-13-21(15-22)16-26(32-39(34,35)19-20-11-8-7-9-12-20)31-37-25-18-23-17-24(29(23,4)5)30(25,6)38-31/h7-15,23-26,32H,16-19H2,1-6H3/t23-,24-,25+,26-,30-/m0/s1. The van der Waals surface area contributed by atoms with E-state index >= 15 is 0 Å². The van der Waals surface area contributed by atoms with Gasteiger partial charge in [-0.15, -0.1) is 0 Å². The SMILES string of the molecule is CC(C)(C)OC(=O)c1cccc(C[C@H](NS(=O)(=O)Cc2ccccc2)B2O[C@@H]3C[C@@H]4C[C@@H](C4(C)C)[C@]3(C)O2)c1. The van der Waals surface area contributed by atoms with Gasteiger partial charge < -0.3 is 14.0 Å². The fraction of sp³-hybridized carbons (Fsp3) is 0.567. The maximum Gasteiger partial charge on any atom is 0.477 e. The summed E-state index contributed by atoms with van der Waals surface area (Å²) in [4.78, 5) is 12.7. The van der Waals surface area contributed by atoms with Crippen molar-refractivity contribution < 1.29 is 27.3 Å². The maximum atomic E-state index is 13.4. The van der Waals surface area contributed by atoms with Gasteiger partial charge in [-0.2, -0.15) is 0 Å². The monoisotopic (exact) mass is 553 g/mol. The lowest BCUT2D eigenvalue weighted by molar-refractivity contribution is -0.199. The number of ether oxygens (including phenoxy) is 1. The van der Waals surface area contributed by atoms with Crippen molar-refractivity contribution in [3.8, 4) is 0 Å². The summed E-state index contributed by atoms with van der Waals surface area (Å²) in [6.07, 6.45) is 2.25. The van der Waals surface area contributed by atoms with Gasteiger partial charge in [-0.1, -0.05) is 56.3 Å². The smallest absolute Gasteiger partial charge is 0.456 e. The fourth-order valence-corrected chi connectivity index (χ4v) is 8.12. The number of nitrogens with one attached hydrogen (secondary N) is 1. The molecule has 0 unspecified atom stereocenters. The van der Waals surface area contributed by atoms with Gasteiger partial charge in [0.2, 0.25) is 10.0 Å². The molecule has 4 aliphatic rings. The normalized spacial score (nSPS) is 28.4. The minimum absolute atomic E-state index is 0.0755. The van der Waals surface area contributed by atoms with Crippen LogP contribution in [0.3, 0.4) is 0 Å². The Morgan fingerprint density at radius 2 is 1.77 bits per heavy atom. The van der Waals surface area contributed by atoms with Gasteiger partial charge in [-0.3, -0.25) is 0 Å². The number of benzene rings is 2. The first kappa shape index (κ1) is 28.3. The van der Waals surface area contributed by atoms with E-state index in [1.165, 1.54) is 0 Å². The van der Waals surface area contributed by atoms with Crippen LogP contribution in [0.15, 0.2) is 54.6 Å². The second-order valence-electron chi connectivity index (χ2n) is 13.2. The number of sulfonamides is 1. The van der Waals surface area contributed by atoms with Gasteiger partial charge in [0.05, 0.1) is 29.0 Å². The molecule has 210 valence electrons. The zero-order chi connectivity index (χ0) is 28.2. The molecule has 0 spiro atoms. The van der Waals surface area contributed by atoms with Crippen LogP contribution < -0.4 is 4.72 Å². The van der Waals surface area contributed by atoms with Crippen molar-refractivity contribution in [2.24, 2.45) is 17.3 Å². The molecule has 3 aliphatic carbocycles. The minimum Gasteiger partial charge on any atom is -0.456 e. The molecule has 0 aromatic heterocycles. The molecular formula is C30H40BNO6S. The molecule has 4 fully saturated rings. The van der Waals surface area contributed by atoms with E-state index in [2.05, 4.69) is 25.5 Å². The number of carbonyl (C=O) groups excluding carboxylic acids is 1. The number of hydrogen-bond donors (Lipinski definition) is 1. The second-order valence-corrected chi connectivity index (χ2v) is 15.0. The summed E-state index contributed by atoms with van der Waals surface area (Å²) < 4.78 is 48.3. The first-order valence-electron chi connectivity index (χ1n) is 13.9. The zero-order valence-corrected chi connectivity index (χ0v) is 24.6. The lowest BCUT2D eigenvalue weighted by atomic mass is 9.43. The highest BCUT2D eigenvalue weighted by Crippen LogP contribution is 2.65. The van der Waals surface area contributed by atoms with E-state index in [0.717, 1.165) is 18.4 Å². The molecule has 9 heteroatoms. The van der Waals surface area contributed by atoms with Crippen LogP contribution in [0.1, 0.15) is 75.9 Å². The van der Waals surface area contributed by atoms with E-state index in [9.17, 15) is 13.2 Å². The lowest BCUT2D eigenvalue weighted by Crippen LogP contribution is -2.65. The predicted octanol–water partition coefficient (Wildman–Crippen LogP) is 4.94. The van der Waals surface area contributed by atoms with Crippen LogP contribution in [0, 0.1) is 17.3 Å². The highest BCUT2D eigenvalue weighted by atomic mass is 32.2. The molecule has 2 aromatic carbocycles. The van der Waals surface area contributed by atoms with E-state index in [4.69, 9.17) is 14.0 Å². The Morgan fingerprint density at radius 3 is 2.44 bits per heavy atom. The Kier molecular flexibility index (Phi) is 7.28. The summed E-state index contributed by atoms with van der Waals surface area (Å²) in [5.74, 6) is -0.291. The largest absolute Gasteiger partial charge is 0.477 e. The van der Waals surface area contributed by atoms with E-state index < -0.39 is 40.3 Å². The van der Waals surface area contributed by atoms with Gasteiger partial charge in [0, 0.05) is 0 Å². The predicted molar refractivity (Wildman–Crippen MR) is 151 cm³/mol. The van der Waals surface area contributed by atoms with Crippen molar-refractivity contribution in [2.75, 3.05) is 0 Å². The first-order valence-corrected chi connectivity index (χ1v) is 15.5. The Hall–Kier alpha value is -2.20. The van der Waals surface area contributed by atoms with E-state index in [0.29, 0.717) is 29.4 Å².